The molecule has 1 aromatic carbocycles. The smallest absolute Gasteiger partial charge is 0.126 e. The first-order chi connectivity index (χ1) is 9.31. The van der Waals surface area contributed by atoms with E-state index in [2.05, 4.69) is 13.0 Å². The third kappa shape index (κ3) is 5.62. The van der Waals surface area contributed by atoms with Crippen LogP contribution in [0.3, 0.4) is 0 Å². The van der Waals surface area contributed by atoms with Crippen molar-refractivity contribution in [3.8, 4) is 17.6 Å². The van der Waals surface area contributed by atoms with Crippen molar-refractivity contribution in [3.63, 3.8) is 0 Å². The SMILES string of the molecule is CCCOc1ccc(CCN)c(OCCCC#N)c1. The Balaban J connectivity index is 2.68. The Morgan fingerprint density at radius 1 is 1.26 bits per heavy atom. The number of nitriles is 1. The third-order valence-electron chi connectivity index (χ3n) is 2.62. The van der Waals surface area contributed by atoms with Gasteiger partial charge >= 0.3 is 0 Å². The van der Waals surface area contributed by atoms with Crippen molar-refractivity contribution in [3.05, 3.63) is 23.8 Å². The number of ether oxygens (including phenoxy) is 2. The average molecular weight is 262 g/mol. The maximum Gasteiger partial charge on any atom is 0.126 e. The van der Waals surface area contributed by atoms with Gasteiger partial charge in [0.15, 0.2) is 0 Å². The summed E-state index contributed by atoms with van der Waals surface area (Å²) in [5.74, 6) is 1.63. The maximum atomic E-state index is 8.50. The quantitative estimate of drug-likeness (QED) is 0.695. The molecule has 1 aromatic rings. The van der Waals surface area contributed by atoms with Crippen molar-refractivity contribution in [1.29, 1.82) is 5.26 Å². The van der Waals surface area contributed by atoms with Crippen molar-refractivity contribution in [2.75, 3.05) is 19.8 Å². The van der Waals surface area contributed by atoms with Gasteiger partial charge in [-0.1, -0.05) is 13.0 Å². The molecule has 0 radical (unpaired) electrons. The normalized spacial score (nSPS) is 9.95. The maximum absolute atomic E-state index is 8.50. The second-order valence-corrected chi connectivity index (χ2v) is 4.27. The van der Waals surface area contributed by atoms with Crippen LogP contribution in [-0.2, 0) is 6.42 Å². The van der Waals surface area contributed by atoms with Gasteiger partial charge in [-0.25, -0.2) is 0 Å². The van der Waals surface area contributed by atoms with Gasteiger partial charge in [0.25, 0.3) is 0 Å². The molecule has 0 atom stereocenters. The van der Waals surface area contributed by atoms with Crippen LogP contribution in [0, 0.1) is 11.3 Å². The molecule has 0 heterocycles. The van der Waals surface area contributed by atoms with Gasteiger partial charge in [0, 0.05) is 12.5 Å². The number of nitrogens with zero attached hydrogens (tertiary/aromatic N) is 1. The summed E-state index contributed by atoms with van der Waals surface area (Å²) in [6, 6.07) is 7.96. The van der Waals surface area contributed by atoms with Crippen LogP contribution < -0.4 is 15.2 Å². The van der Waals surface area contributed by atoms with E-state index in [4.69, 9.17) is 20.5 Å². The lowest BCUT2D eigenvalue weighted by atomic mass is 10.1. The molecule has 0 saturated heterocycles. The van der Waals surface area contributed by atoms with Gasteiger partial charge in [0.2, 0.25) is 0 Å². The van der Waals surface area contributed by atoms with Crippen molar-refractivity contribution >= 4 is 0 Å². The zero-order valence-corrected chi connectivity index (χ0v) is 11.5. The van der Waals surface area contributed by atoms with Gasteiger partial charge in [0.05, 0.1) is 19.3 Å². The molecular formula is C15H22N2O2. The van der Waals surface area contributed by atoms with E-state index < -0.39 is 0 Å². The predicted octanol–water partition coefficient (Wildman–Crippen LogP) is 2.66. The van der Waals surface area contributed by atoms with E-state index >= 15 is 0 Å². The lowest BCUT2D eigenvalue weighted by Crippen LogP contribution is -2.06. The molecule has 0 saturated carbocycles. The highest BCUT2D eigenvalue weighted by molar-refractivity contribution is 5.41. The van der Waals surface area contributed by atoms with Crippen LogP contribution >= 0.6 is 0 Å². The molecule has 0 aliphatic rings. The van der Waals surface area contributed by atoms with Crippen LogP contribution in [0.25, 0.3) is 0 Å². The first-order valence-corrected chi connectivity index (χ1v) is 6.77. The van der Waals surface area contributed by atoms with Crippen molar-refractivity contribution < 1.29 is 9.47 Å². The molecule has 0 spiro atoms. The molecule has 0 aliphatic heterocycles. The van der Waals surface area contributed by atoms with Crippen LogP contribution in [0.15, 0.2) is 18.2 Å². The molecule has 4 nitrogen and oxygen atoms in total. The lowest BCUT2D eigenvalue weighted by molar-refractivity contribution is 0.297. The summed E-state index contributed by atoms with van der Waals surface area (Å²) in [6.45, 7) is 3.90. The lowest BCUT2D eigenvalue weighted by Gasteiger charge is -2.13. The van der Waals surface area contributed by atoms with E-state index in [-0.39, 0.29) is 0 Å². The van der Waals surface area contributed by atoms with Crippen molar-refractivity contribution in [2.24, 2.45) is 5.73 Å². The average Bonchev–Trinajstić information content (AvgIpc) is 2.43. The van der Waals surface area contributed by atoms with Crippen LogP contribution in [0.5, 0.6) is 11.5 Å². The highest BCUT2D eigenvalue weighted by atomic mass is 16.5. The number of hydrogen-bond acceptors (Lipinski definition) is 4. The molecule has 0 amide bonds. The minimum Gasteiger partial charge on any atom is -0.493 e. The van der Waals surface area contributed by atoms with Crippen LogP contribution in [0.1, 0.15) is 31.7 Å². The Labute approximate surface area is 115 Å². The van der Waals surface area contributed by atoms with E-state index in [0.717, 1.165) is 36.3 Å². The Bertz CT molecular complexity index is 413. The summed E-state index contributed by atoms with van der Waals surface area (Å²) >= 11 is 0. The number of nitrogens with two attached hydrogens (primary N) is 1. The molecule has 104 valence electrons. The van der Waals surface area contributed by atoms with Crippen molar-refractivity contribution in [2.45, 2.75) is 32.6 Å². The molecule has 1 rings (SSSR count). The summed E-state index contributed by atoms with van der Waals surface area (Å²) in [5, 5.41) is 8.50. The van der Waals surface area contributed by atoms with E-state index in [0.29, 0.717) is 26.2 Å². The topological polar surface area (TPSA) is 68.3 Å². The fourth-order valence-electron chi connectivity index (χ4n) is 1.67. The molecule has 0 fully saturated rings. The number of hydrogen-bond donors (Lipinski definition) is 1. The summed E-state index contributed by atoms with van der Waals surface area (Å²) in [6.07, 6.45) is 3.00. The van der Waals surface area contributed by atoms with Gasteiger partial charge in [-0.2, -0.15) is 5.26 Å². The second-order valence-electron chi connectivity index (χ2n) is 4.27. The zero-order valence-electron chi connectivity index (χ0n) is 11.5. The Hall–Kier alpha value is -1.73. The Morgan fingerprint density at radius 2 is 2.11 bits per heavy atom. The number of unbranched alkanes of at least 4 members (excludes halogenated alkanes) is 1. The van der Waals surface area contributed by atoms with Crippen molar-refractivity contribution in [1.82, 2.24) is 0 Å². The van der Waals surface area contributed by atoms with Gasteiger partial charge in [0.1, 0.15) is 11.5 Å². The van der Waals surface area contributed by atoms with Crippen LogP contribution in [-0.4, -0.2) is 19.8 Å². The fraction of sp³-hybridized carbons (Fsp3) is 0.533. The molecular weight excluding hydrogens is 240 g/mol. The third-order valence-corrected chi connectivity index (χ3v) is 2.62. The summed E-state index contributed by atoms with van der Waals surface area (Å²) in [7, 11) is 0. The fourth-order valence-corrected chi connectivity index (χ4v) is 1.67. The first-order valence-electron chi connectivity index (χ1n) is 6.77. The molecule has 0 bridgehead atoms. The van der Waals surface area contributed by atoms with Gasteiger partial charge in [-0.05, 0) is 37.4 Å². The minimum atomic E-state index is 0.512. The Kier molecular flexibility index (Phi) is 7.45. The van der Waals surface area contributed by atoms with Crippen LogP contribution in [0.4, 0.5) is 0 Å². The number of rotatable bonds is 9. The van der Waals surface area contributed by atoms with E-state index in [9.17, 15) is 0 Å². The largest absolute Gasteiger partial charge is 0.493 e. The van der Waals surface area contributed by atoms with Gasteiger partial charge in [-0.3, -0.25) is 0 Å². The first kappa shape index (κ1) is 15.3. The molecule has 0 unspecified atom stereocenters. The van der Waals surface area contributed by atoms with E-state index in [1.165, 1.54) is 0 Å². The predicted molar refractivity (Wildman–Crippen MR) is 75.3 cm³/mol. The summed E-state index contributed by atoms with van der Waals surface area (Å²) < 4.78 is 11.3. The number of benzene rings is 1. The molecule has 0 aliphatic carbocycles. The standard InChI is InChI=1S/C15H22N2O2/c1-2-10-18-14-6-5-13(7-9-17)15(12-14)19-11-4-3-8-16/h5-6,12H,2-4,7,9-11,17H2,1H3. The summed E-state index contributed by atoms with van der Waals surface area (Å²) in [5.41, 5.74) is 6.68. The second kappa shape index (κ2) is 9.23. The van der Waals surface area contributed by atoms with Gasteiger partial charge < -0.3 is 15.2 Å². The van der Waals surface area contributed by atoms with Crippen LogP contribution in [0.2, 0.25) is 0 Å². The molecule has 4 heteroatoms. The summed E-state index contributed by atoms with van der Waals surface area (Å²) in [4.78, 5) is 0. The highest BCUT2D eigenvalue weighted by Gasteiger charge is 2.06. The van der Waals surface area contributed by atoms with E-state index in [1.54, 1.807) is 0 Å². The zero-order chi connectivity index (χ0) is 13.9. The van der Waals surface area contributed by atoms with E-state index in [1.807, 2.05) is 18.2 Å². The van der Waals surface area contributed by atoms with Gasteiger partial charge in [-0.15, -0.1) is 0 Å². The molecule has 2 N–H and O–H groups in total. The molecule has 19 heavy (non-hydrogen) atoms. The Morgan fingerprint density at radius 3 is 2.79 bits per heavy atom. The minimum absolute atomic E-state index is 0.512. The monoisotopic (exact) mass is 262 g/mol. The molecule has 0 aromatic heterocycles. The highest BCUT2D eigenvalue weighted by Crippen LogP contribution is 2.25.